The summed E-state index contributed by atoms with van der Waals surface area (Å²) in [5.74, 6) is -0.0836. The van der Waals surface area contributed by atoms with Gasteiger partial charge in [0.05, 0.1) is 12.2 Å². The number of carbonyl (C=O) groups is 1. The van der Waals surface area contributed by atoms with Crippen LogP contribution in [0.4, 0.5) is 5.13 Å². The van der Waals surface area contributed by atoms with E-state index in [9.17, 15) is 4.79 Å². The highest BCUT2D eigenvalue weighted by Gasteiger charge is 2.14. The number of fused-ring (bicyclic) bond motifs is 1. The van der Waals surface area contributed by atoms with Crippen LogP contribution >= 0.6 is 11.3 Å². The highest BCUT2D eigenvalue weighted by molar-refractivity contribution is 7.14. The van der Waals surface area contributed by atoms with Crippen LogP contribution in [-0.4, -0.2) is 28.0 Å². The van der Waals surface area contributed by atoms with Gasteiger partial charge in [0, 0.05) is 33.6 Å². The van der Waals surface area contributed by atoms with Crippen LogP contribution in [0.25, 0.3) is 22.2 Å². The van der Waals surface area contributed by atoms with Gasteiger partial charge in [0.1, 0.15) is 0 Å². The number of aromatic nitrogens is 2. The Hall–Kier alpha value is -2.18. The molecule has 0 aliphatic heterocycles. The zero-order valence-corrected chi connectivity index (χ0v) is 14.3. The number of anilines is 1. The molecule has 0 aliphatic rings. The van der Waals surface area contributed by atoms with E-state index in [1.807, 2.05) is 50.5 Å². The fraction of sp³-hybridized carbons (Fsp3) is 0.294. The third kappa shape index (κ3) is 3.78. The lowest BCUT2D eigenvalue weighted by Gasteiger charge is -2.19. The quantitative estimate of drug-likeness (QED) is 0.685. The van der Waals surface area contributed by atoms with Gasteiger partial charge in [0.15, 0.2) is 5.13 Å². The number of nitrogens with one attached hydrogen (secondary N) is 3. The van der Waals surface area contributed by atoms with E-state index in [1.165, 1.54) is 11.3 Å². The van der Waals surface area contributed by atoms with Gasteiger partial charge in [-0.25, -0.2) is 4.98 Å². The highest BCUT2D eigenvalue weighted by atomic mass is 32.1. The van der Waals surface area contributed by atoms with Crippen LogP contribution in [0.15, 0.2) is 35.8 Å². The molecule has 2 aromatic heterocycles. The third-order valence-electron chi connectivity index (χ3n) is 3.40. The number of benzene rings is 1. The molecule has 5 nitrogen and oxygen atoms in total. The molecule has 0 atom stereocenters. The Morgan fingerprint density at radius 2 is 2.09 bits per heavy atom. The zero-order valence-electron chi connectivity index (χ0n) is 13.4. The van der Waals surface area contributed by atoms with Crippen LogP contribution in [0.3, 0.4) is 0 Å². The number of hydrogen-bond acceptors (Lipinski definition) is 4. The lowest BCUT2D eigenvalue weighted by atomic mass is 10.1. The fourth-order valence-corrected chi connectivity index (χ4v) is 2.97. The zero-order chi connectivity index (χ0) is 16.4. The Morgan fingerprint density at radius 1 is 1.30 bits per heavy atom. The number of nitrogens with zero attached hydrogens (tertiary/aromatic N) is 1. The third-order valence-corrected chi connectivity index (χ3v) is 4.15. The van der Waals surface area contributed by atoms with E-state index in [0.29, 0.717) is 5.13 Å². The molecule has 3 aromatic rings. The topological polar surface area (TPSA) is 69.8 Å². The summed E-state index contributed by atoms with van der Waals surface area (Å²) < 4.78 is 0. The molecule has 3 N–H and O–H groups in total. The highest BCUT2D eigenvalue weighted by Crippen LogP contribution is 2.30. The standard InChI is InChI=1S/C17H20N4OS/c1-17(2,3)19-9-15(22)21-16-20-14(10-23-16)12-8-18-13-7-5-4-6-11(12)13/h4-8,10,18-19H,9H2,1-3H3,(H,20,21,22). The molecule has 0 radical (unpaired) electrons. The van der Waals surface area contributed by atoms with Crippen LogP contribution < -0.4 is 10.6 Å². The molecule has 0 saturated heterocycles. The minimum atomic E-state index is -0.0879. The number of aromatic amines is 1. The van der Waals surface area contributed by atoms with Crippen LogP contribution in [0.1, 0.15) is 20.8 Å². The second-order valence-electron chi connectivity index (χ2n) is 6.44. The molecule has 120 valence electrons. The van der Waals surface area contributed by atoms with Crippen LogP contribution in [0.5, 0.6) is 0 Å². The van der Waals surface area contributed by atoms with E-state index in [-0.39, 0.29) is 18.0 Å². The van der Waals surface area contributed by atoms with Crippen molar-refractivity contribution in [1.29, 1.82) is 0 Å². The fourth-order valence-electron chi connectivity index (χ4n) is 2.25. The van der Waals surface area contributed by atoms with E-state index in [4.69, 9.17) is 0 Å². The number of thiazole rings is 1. The minimum absolute atomic E-state index is 0.0836. The maximum Gasteiger partial charge on any atom is 0.240 e. The smallest absolute Gasteiger partial charge is 0.240 e. The van der Waals surface area contributed by atoms with Gasteiger partial charge in [-0.1, -0.05) is 18.2 Å². The van der Waals surface area contributed by atoms with Crippen molar-refractivity contribution in [2.75, 3.05) is 11.9 Å². The Bertz CT molecular complexity index is 828. The summed E-state index contributed by atoms with van der Waals surface area (Å²) in [6.07, 6.45) is 1.95. The summed E-state index contributed by atoms with van der Waals surface area (Å²) in [4.78, 5) is 19.7. The van der Waals surface area contributed by atoms with Gasteiger partial charge in [0.25, 0.3) is 0 Å². The van der Waals surface area contributed by atoms with E-state index < -0.39 is 0 Å². The van der Waals surface area contributed by atoms with Gasteiger partial charge in [-0.3, -0.25) is 4.79 Å². The van der Waals surface area contributed by atoms with E-state index in [0.717, 1.165) is 22.2 Å². The second kappa shape index (κ2) is 6.14. The first-order chi connectivity index (χ1) is 10.9. The lowest BCUT2D eigenvalue weighted by Crippen LogP contribution is -2.41. The molecular formula is C17H20N4OS. The van der Waals surface area contributed by atoms with Crippen molar-refractivity contribution in [3.05, 3.63) is 35.8 Å². The van der Waals surface area contributed by atoms with Gasteiger partial charge in [-0.05, 0) is 26.8 Å². The monoisotopic (exact) mass is 328 g/mol. The van der Waals surface area contributed by atoms with E-state index >= 15 is 0 Å². The SMILES string of the molecule is CC(C)(C)NCC(=O)Nc1nc(-c2c[nH]c3ccccc23)cs1. The molecule has 1 aromatic carbocycles. The van der Waals surface area contributed by atoms with Crippen LogP contribution in [-0.2, 0) is 4.79 Å². The van der Waals surface area contributed by atoms with Crippen molar-refractivity contribution in [3.8, 4) is 11.3 Å². The molecule has 0 bridgehead atoms. The number of H-pyrrole nitrogens is 1. The molecule has 3 rings (SSSR count). The molecule has 0 saturated carbocycles. The first kappa shape index (κ1) is 15.7. The minimum Gasteiger partial charge on any atom is -0.360 e. The molecule has 0 spiro atoms. The molecule has 1 amide bonds. The van der Waals surface area contributed by atoms with E-state index in [2.05, 4.69) is 26.7 Å². The molecular weight excluding hydrogens is 308 g/mol. The summed E-state index contributed by atoms with van der Waals surface area (Å²) in [5, 5.41) is 9.71. The summed E-state index contributed by atoms with van der Waals surface area (Å²) in [5.41, 5.74) is 2.90. The average molecular weight is 328 g/mol. The van der Waals surface area contributed by atoms with Gasteiger partial charge in [-0.2, -0.15) is 0 Å². The summed E-state index contributed by atoms with van der Waals surface area (Å²) in [6, 6.07) is 8.10. The van der Waals surface area contributed by atoms with Gasteiger partial charge in [0.2, 0.25) is 5.91 Å². The Labute approximate surface area is 139 Å². The Morgan fingerprint density at radius 3 is 2.87 bits per heavy atom. The number of amides is 1. The Kier molecular flexibility index (Phi) is 4.19. The lowest BCUT2D eigenvalue weighted by molar-refractivity contribution is -0.115. The Balaban J connectivity index is 1.72. The number of carbonyl (C=O) groups excluding carboxylic acids is 1. The van der Waals surface area contributed by atoms with Gasteiger partial charge >= 0.3 is 0 Å². The largest absolute Gasteiger partial charge is 0.360 e. The summed E-state index contributed by atoms with van der Waals surface area (Å²) >= 11 is 1.43. The van der Waals surface area contributed by atoms with Gasteiger partial charge in [-0.15, -0.1) is 11.3 Å². The summed E-state index contributed by atoms with van der Waals surface area (Å²) in [7, 11) is 0. The first-order valence-corrected chi connectivity index (χ1v) is 8.37. The van der Waals surface area contributed by atoms with Crippen LogP contribution in [0, 0.1) is 0 Å². The summed E-state index contributed by atoms with van der Waals surface area (Å²) in [6.45, 7) is 6.35. The van der Waals surface area contributed by atoms with Crippen molar-refractivity contribution in [1.82, 2.24) is 15.3 Å². The molecule has 23 heavy (non-hydrogen) atoms. The maximum atomic E-state index is 12.0. The number of rotatable bonds is 4. The van der Waals surface area contributed by atoms with Gasteiger partial charge < -0.3 is 15.6 Å². The predicted octanol–water partition coefficient (Wildman–Crippen LogP) is 3.62. The van der Waals surface area contributed by atoms with E-state index in [1.54, 1.807) is 0 Å². The van der Waals surface area contributed by atoms with Crippen molar-refractivity contribution in [2.45, 2.75) is 26.3 Å². The number of para-hydroxylation sites is 1. The molecule has 6 heteroatoms. The average Bonchev–Trinajstić information content (AvgIpc) is 3.10. The van der Waals surface area contributed by atoms with Crippen LogP contribution in [0.2, 0.25) is 0 Å². The van der Waals surface area contributed by atoms with Crippen molar-refractivity contribution < 1.29 is 4.79 Å². The predicted molar refractivity (Wildman–Crippen MR) is 95.8 cm³/mol. The molecule has 0 unspecified atom stereocenters. The normalized spacial score (nSPS) is 11.8. The maximum absolute atomic E-state index is 12.0. The van der Waals surface area contributed by atoms with Crippen molar-refractivity contribution >= 4 is 33.3 Å². The van der Waals surface area contributed by atoms with Crippen molar-refractivity contribution in [2.24, 2.45) is 0 Å². The number of hydrogen-bond donors (Lipinski definition) is 3. The first-order valence-electron chi connectivity index (χ1n) is 7.49. The molecule has 0 fully saturated rings. The van der Waals surface area contributed by atoms with Crippen molar-refractivity contribution in [3.63, 3.8) is 0 Å². The second-order valence-corrected chi connectivity index (χ2v) is 7.30. The molecule has 2 heterocycles. The molecule has 0 aliphatic carbocycles.